The van der Waals surface area contributed by atoms with Gasteiger partial charge in [0.15, 0.2) is 0 Å². The maximum atomic E-state index is 5.01. The predicted molar refractivity (Wildman–Crippen MR) is 133 cm³/mol. The molecule has 2 N–H and O–H groups in total. The van der Waals surface area contributed by atoms with Crippen molar-refractivity contribution in [2.75, 3.05) is 32.5 Å². The monoisotopic (exact) mass is 429 g/mol. The van der Waals surface area contributed by atoms with Crippen molar-refractivity contribution in [2.45, 2.75) is 19.5 Å². The van der Waals surface area contributed by atoms with Gasteiger partial charge in [0.05, 0.1) is 22.6 Å². The number of fused-ring (bicyclic) bond motifs is 5. The summed E-state index contributed by atoms with van der Waals surface area (Å²) in [5.74, 6) is 0. The zero-order valence-electron chi connectivity index (χ0n) is 18.1. The van der Waals surface area contributed by atoms with Gasteiger partial charge in [-0.3, -0.25) is 4.98 Å². The molecule has 0 saturated carbocycles. The minimum absolute atomic E-state index is 0.460. The van der Waals surface area contributed by atoms with Gasteiger partial charge >= 0.3 is 0 Å². The molecule has 0 unspecified atom stereocenters. The summed E-state index contributed by atoms with van der Waals surface area (Å²) in [6.45, 7) is 4.96. The van der Waals surface area contributed by atoms with E-state index in [-0.39, 0.29) is 0 Å². The lowest BCUT2D eigenvalue weighted by molar-refractivity contribution is 0.457. The average Bonchev–Trinajstić information content (AvgIpc) is 3.03. The number of pyridine rings is 2. The van der Waals surface area contributed by atoms with E-state index in [1.54, 1.807) is 0 Å². The van der Waals surface area contributed by atoms with Crippen LogP contribution in [0.1, 0.15) is 17.5 Å². The molecule has 5 rings (SSSR count). The van der Waals surface area contributed by atoms with E-state index in [1.807, 2.05) is 23.6 Å². The van der Waals surface area contributed by atoms with Crippen molar-refractivity contribution >= 4 is 44.1 Å². The Morgan fingerprint density at radius 1 is 1.19 bits per heavy atom. The van der Waals surface area contributed by atoms with E-state index in [0.29, 0.717) is 6.04 Å². The van der Waals surface area contributed by atoms with Crippen LogP contribution in [0.3, 0.4) is 0 Å². The Hall–Kier alpha value is -2.80. The minimum Gasteiger partial charge on any atom is -0.382 e. The first-order valence-corrected chi connectivity index (χ1v) is 11.5. The third kappa shape index (κ3) is 4.06. The lowest BCUT2D eigenvalue weighted by Gasteiger charge is -2.10. The van der Waals surface area contributed by atoms with Crippen molar-refractivity contribution < 1.29 is 0 Å². The molecule has 1 aliphatic heterocycles. The summed E-state index contributed by atoms with van der Waals surface area (Å²) in [7, 11) is 4.12. The quantitative estimate of drug-likeness (QED) is 0.479. The molecule has 0 radical (unpaired) electrons. The van der Waals surface area contributed by atoms with E-state index in [9.17, 15) is 0 Å². The Morgan fingerprint density at radius 3 is 2.97 bits per heavy atom. The first-order chi connectivity index (χ1) is 15.1. The summed E-state index contributed by atoms with van der Waals surface area (Å²) in [6.07, 6.45) is 6.05. The number of nitrogens with one attached hydrogen (secondary N) is 2. The topological polar surface area (TPSA) is 53.1 Å². The molecule has 6 heteroatoms. The maximum Gasteiger partial charge on any atom is 0.0717 e. The highest BCUT2D eigenvalue weighted by molar-refractivity contribution is 7.20. The van der Waals surface area contributed by atoms with Crippen molar-refractivity contribution in [3.63, 3.8) is 0 Å². The van der Waals surface area contributed by atoms with Crippen LogP contribution in [-0.2, 0) is 6.54 Å². The summed E-state index contributed by atoms with van der Waals surface area (Å²) < 4.78 is 1.31. The molecule has 0 bridgehead atoms. The largest absolute Gasteiger partial charge is 0.382 e. The van der Waals surface area contributed by atoms with Crippen molar-refractivity contribution in [2.24, 2.45) is 0 Å². The van der Waals surface area contributed by atoms with E-state index in [0.717, 1.165) is 42.1 Å². The van der Waals surface area contributed by atoms with Gasteiger partial charge in [-0.15, -0.1) is 11.3 Å². The maximum absolute atomic E-state index is 5.01. The molecule has 1 atom stereocenters. The second kappa shape index (κ2) is 8.38. The predicted octanol–water partition coefficient (Wildman–Crippen LogP) is 4.99. The van der Waals surface area contributed by atoms with Crippen LogP contribution in [0.15, 0.2) is 48.7 Å². The molecule has 0 saturated heterocycles. The van der Waals surface area contributed by atoms with E-state index in [1.165, 1.54) is 26.0 Å². The van der Waals surface area contributed by atoms with Crippen molar-refractivity contribution in [3.8, 4) is 11.3 Å². The van der Waals surface area contributed by atoms with Crippen molar-refractivity contribution in [3.05, 3.63) is 59.2 Å². The summed E-state index contributed by atoms with van der Waals surface area (Å²) in [5.41, 5.74) is 5.31. The van der Waals surface area contributed by atoms with E-state index < -0.39 is 0 Å². The third-order valence-corrected chi connectivity index (χ3v) is 6.78. The van der Waals surface area contributed by atoms with Gasteiger partial charge in [0.25, 0.3) is 0 Å². The molecule has 5 nitrogen and oxygen atoms in total. The Balaban J connectivity index is 1.54. The van der Waals surface area contributed by atoms with Crippen LogP contribution < -0.4 is 10.6 Å². The fourth-order valence-electron chi connectivity index (χ4n) is 4.00. The Morgan fingerprint density at radius 2 is 2.10 bits per heavy atom. The first kappa shape index (κ1) is 20.1. The highest BCUT2D eigenvalue weighted by Crippen LogP contribution is 2.41. The molecule has 158 valence electrons. The number of anilines is 1. The standard InChI is InChI=1S/C25H27N5S/c1-16-14-28-25-23(15-27-16)31-22-9-8-21-19(24(22)25)6-7-20(29-21)17-10-11-26-18(13-17)5-4-12-30(2)3/h4-11,13,16,27-28H,12,14-15H2,1-3H3/b5-4+/t16-/m1/s1. The van der Waals surface area contributed by atoms with Crippen molar-refractivity contribution in [1.29, 1.82) is 0 Å². The van der Waals surface area contributed by atoms with Gasteiger partial charge < -0.3 is 15.5 Å². The Bertz CT molecular complexity index is 1270. The highest BCUT2D eigenvalue weighted by atomic mass is 32.1. The molecule has 4 heterocycles. The van der Waals surface area contributed by atoms with Gasteiger partial charge in [-0.05, 0) is 63.5 Å². The second-order valence-corrected chi connectivity index (χ2v) is 9.54. The minimum atomic E-state index is 0.460. The molecular formula is C25H27N5S. The molecule has 4 aromatic rings. The lowest BCUT2D eigenvalue weighted by Crippen LogP contribution is -2.29. The van der Waals surface area contributed by atoms with Gasteiger partial charge in [0.1, 0.15) is 0 Å². The molecule has 1 aromatic carbocycles. The van der Waals surface area contributed by atoms with Gasteiger partial charge in [-0.1, -0.05) is 6.08 Å². The fourth-order valence-corrected chi connectivity index (χ4v) is 5.15. The fraction of sp³-hybridized carbons (Fsp3) is 0.280. The normalized spacial score (nSPS) is 16.7. The van der Waals surface area contributed by atoms with Crippen LogP contribution in [0.2, 0.25) is 0 Å². The highest BCUT2D eigenvalue weighted by Gasteiger charge is 2.19. The zero-order valence-corrected chi connectivity index (χ0v) is 19.0. The second-order valence-electron chi connectivity index (χ2n) is 8.40. The van der Waals surface area contributed by atoms with Gasteiger partial charge in [-0.2, -0.15) is 0 Å². The molecular weight excluding hydrogens is 402 g/mol. The van der Waals surface area contributed by atoms with Crippen LogP contribution in [0.25, 0.3) is 38.3 Å². The van der Waals surface area contributed by atoms with Crippen LogP contribution in [0.5, 0.6) is 0 Å². The van der Waals surface area contributed by atoms with E-state index >= 15 is 0 Å². The van der Waals surface area contributed by atoms with E-state index in [2.05, 4.69) is 84.0 Å². The zero-order chi connectivity index (χ0) is 21.4. The number of benzene rings is 1. The molecule has 0 amide bonds. The van der Waals surface area contributed by atoms with Gasteiger partial charge in [0.2, 0.25) is 0 Å². The SMILES string of the molecule is C[C@@H]1CNc2c(sc3ccc4nc(-c5ccnc(/C=C/CN(C)C)c5)ccc4c23)CN1. The first-order valence-electron chi connectivity index (χ1n) is 10.7. The Kier molecular flexibility index (Phi) is 5.44. The number of rotatable bonds is 4. The number of hydrogen-bond acceptors (Lipinski definition) is 6. The van der Waals surface area contributed by atoms with Gasteiger partial charge in [0, 0.05) is 57.8 Å². The number of aromatic nitrogens is 2. The van der Waals surface area contributed by atoms with Crippen molar-refractivity contribution in [1.82, 2.24) is 20.2 Å². The van der Waals surface area contributed by atoms with Crippen LogP contribution in [-0.4, -0.2) is 48.1 Å². The lowest BCUT2D eigenvalue weighted by atomic mass is 10.1. The molecule has 31 heavy (non-hydrogen) atoms. The van der Waals surface area contributed by atoms with Crippen LogP contribution in [0, 0.1) is 0 Å². The number of hydrogen-bond donors (Lipinski definition) is 2. The molecule has 1 aliphatic rings. The molecule has 0 spiro atoms. The smallest absolute Gasteiger partial charge is 0.0717 e. The number of nitrogens with zero attached hydrogens (tertiary/aromatic N) is 3. The van der Waals surface area contributed by atoms with Crippen LogP contribution in [0.4, 0.5) is 5.69 Å². The number of thiophene rings is 1. The molecule has 3 aromatic heterocycles. The average molecular weight is 430 g/mol. The summed E-state index contributed by atoms with van der Waals surface area (Å²) >= 11 is 1.87. The molecule has 0 aliphatic carbocycles. The van der Waals surface area contributed by atoms with E-state index in [4.69, 9.17) is 4.98 Å². The van der Waals surface area contributed by atoms with Gasteiger partial charge in [-0.25, -0.2) is 4.98 Å². The summed E-state index contributed by atoms with van der Waals surface area (Å²) in [4.78, 5) is 13.0. The molecule has 0 fully saturated rings. The third-order valence-electron chi connectivity index (χ3n) is 5.63. The summed E-state index contributed by atoms with van der Waals surface area (Å²) in [5, 5.41) is 9.77. The Labute approximate surface area is 186 Å². The van der Waals surface area contributed by atoms with Crippen LogP contribution >= 0.6 is 11.3 Å². The number of likely N-dealkylation sites (N-methyl/N-ethyl adjacent to an activating group) is 1. The summed E-state index contributed by atoms with van der Waals surface area (Å²) in [6, 6.07) is 13.3.